The molecule has 0 aliphatic rings. The van der Waals surface area contributed by atoms with Gasteiger partial charge < -0.3 is 16.6 Å². The molecule has 5 N–H and O–H groups in total. The fourth-order valence-corrected chi connectivity index (χ4v) is 1.76. The number of aromatic hydroxyl groups is 1. The minimum absolute atomic E-state index is 0.127. The normalized spacial score (nSPS) is 12.9. The van der Waals surface area contributed by atoms with Crippen LogP contribution in [0.25, 0.3) is 0 Å². The second kappa shape index (κ2) is 3.67. The predicted molar refractivity (Wildman–Crippen MR) is 68.4 cm³/mol. The van der Waals surface area contributed by atoms with Crippen LogP contribution in [0.4, 0.5) is 5.69 Å². The maximum atomic E-state index is 9.90. The topological polar surface area (TPSA) is 72.3 Å². The lowest BCUT2D eigenvalue weighted by Gasteiger charge is -2.27. The summed E-state index contributed by atoms with van der Waals surface area (Å²) in [6.45, 7) is 9.95. The standard InChI is InChI=1S/C13H22N2O/c1-12(2,3)9-6-8(13(4,5)15)10(14)7-11(9)16/h6-7,16H,14-15H2,1-5H3. The fraction of sp³-hybridized carbons (Fsp3) is 0.538. The number of phenolic OH excluding ortho intramolecular Hbond substituents is 1. The Kier molecular flexibility index (Phi) is 2.94. The van der Waals surface area contributed by atoms with Crippen molar-refractivity contribution in [2.24, 2.45) is 5.73 Å². The quantitative estimate of drug-likeness (QED) is 0.639. The molecule has 0 saturated carbocycles. The van der Waals surface area contributed by atoms with Gasteiger partial charge in [-0.15, -0.1) is 0 Å². The summed E-state index contributed by atoms with van der Waals surface area (Å²) in [7, 11) is 0. The van der Waals surface area contributed by atoms with Crippen LogP contribution in [0.1, 0.15) is 45.7 Å². The average Bonchev–Trinajstić information content (AvgIpc) is 1.97. The summed E-state index contributed by atoms with van der Waals surface area (Å²) in [5.41, 5.74) is 13.6. The number of anilines is 1. The molecule has 0 radical (unpaired) electrons. The van der Waals surface area contributed by atoms with E-state index < -0.39 is 5.54 Å². The van der Waals surface area contributed by atoms with Gasteiger partial charge in [-0.3, -0.25) is 0 Å². The first-order valence-electron chi connectivity index (χ1n) is 5.46. The van der Waals surface area contributed by atoms with Gasteiger partial charge in [0.05, 0.1) is 0 Å². The molecule has 0 aromatic heterocycles. The van der Waals surface area contributed by atoms with Gasteiger partial charge in [0, 0.05) is 17.3 Å². The third-order valence-corrected chi connectivity index (χ3v) is 2.67. The van der Waals surface area contributed by atoms with Gasteiger partial charge in [-0.05, 0) is 36.5 Å². The number of hydrogen-bond donors (Lipinski definition) is 3. The van der Waals surface area contributed by atoms with E-state index in [-0.39, 0.29) is 11.2 Å². The lowest BCUT2D eigenvalue weighted by atomic mass is 9.82. The third-order valence-electron chi connectivity index (χ3n) is 2.67. The maximum Gasteiger partial charge on any atom is 0.121 e. The second-order valence-corrected chi connectivity index (χ2v) is 5.93. The van der Waals surface area contributed by atoms with Crippen LogP contribution >= 0.6 is 0 Å². The first-order valence-corrected chi connectivity index (χ1v) is 5.46. The lowest BCUT2D eigenvalue weighted by molar-refractivity contribution is 0.444. The van der Waals surface area contributed by atoms with Crippen LogP contribution in [0.15, 0.2) is 12.1 Å². The first kappa shape index (κ1) is 12.8. The van der Waals surface area contributed by atoms with E-state index in [2.05, 4.69) is 0 Å². The van der Waals surface area contributed by atoms with Gasteiger partial charge >= 0.3 is 0 Å². The number of nitrogen functional groups attached to an aromatic ring is 1. The Balaban J connectivity index is 3.45. The highest BCUT2D eigenvalue weighted by Crippen LogP contribution is 2.36. The zero-order valence-electron chi connectivity index (χ0n) is 10.8. The maximum absolute atomic E-state index is 9.90. The van der Waals surface area contributed by atoms with Gasteiger partial charge in [-0.2, -0.15) is 0 Å². The smallest absolute Gasteiger partial charge is 0.121 e. The average molecular weight is 222 g/mol. The van der Waals surface area contributed by atoms with Crippen LogP contribution in [0.3, 0.4) is 0 Å². The van der Waals surface area contributed by atoms with E-state index >= 15 is 0 Å². The van der Waals surface area contributed by atoms with Crippen LogP contribution in [0, 0.1) is 0 Å². The van der Waals surface area contributed by atoms with E-state index in [4.69, 9.17) is 11.5 Å². The third kappa shape index (κ3) is 2.47. The Morgan fingerprint density at radius 2 is 1.50 bits per heavy atom. The van der Waals surface area contributed by atoms with Gasteiger partial charge in [-0.25, -0.2) is 0 Å². The highest BCUT2D eigenvalue weighted by Gasteiger charge is 2.24. The summed E-state index contributed by atoms with van der Waals surface area (Å²) in [5.74, 6) is 0.234. The molecule has 3 nitrogen and oxygen atoms in total. The molecular weight excluding hydrogens is 200 g/mol. The van der Waals surface area contributed by atoms with Gasteiger partial charge in [0.1, 0.15) is 5.75 Å². The largest absolute Gasteiger partial charge is 0.508 e. The number of benzene rings is 1. The van der Waals surface area contributed by atoms with Crippen molar-refractivity contribution < 1.29 is 5.11 Å². The number of phenols is 1. The molecule has 0 fully saturated rings. The molecule has 0 heterocycles. The molecule has 3 heteroatoms. The molecule has 0 spiro atoms. The van der Waals surface area contributed by atoms with Gasteiger partial charge in [-0.1, -0.05) is 20.8 Å². The summed E-state index contributed by atoms with van der Waals surface area (Å²) in [6.07, 6.45) is 0. The molecule has 0 amide bonds. The zero-order valence-corrected chi connectivity index (χ0v) is 10.8. The van der Waals surface area contributed by atoms with Crippen molar-refractivity contribution in [3.05, 3.63) is 23.3 Å². The van der Waals surface area contributed by atoms with Crippen molar-refractivity contribution in [1.29, 1.82) is 0 Å². The Labute approximate surface area is 97.5 Å². The van der Waals surface area contributed by atoms with Crippen molar-refractivity contribution in [2.75, 3.05) is 5.73 Å². The van der Waals surface area contributed by atoms with Crippen molar-refractivity contribution in [2.45, 2.75) is 45.6 Å². The van der Waals surface area contributed by atoms with E-state index in [0.717, 1.165) is 11.1 Å². The van der Waals surface area contributed by atoms with E-state index in [0.29, 0.717) is 5.69 Å². The SMILES string of the molecule is CC(C)(C)c1cc(C(C)(C)N)c(N)cc1O. The van der Waals surface area contributed by atoms with E-state index in [9.17, 15) is 5.11 Å². The summed E-state index contributed by atoms with van der Waals surface area (Å²) in [4.78, 5) is 0. The zero-order chi connectivity index (χ0) is 12.7. The first-order chi connectivity index (χ1) is 7.03. The van der Waals surface area contributed by atoms with E-state index in [1.54, 1.807) is 6.07 Å². The minimum atomic E-state index is -0.502. The Morgan fingerprint density at radius 3 is 1.88 bits per heavy atom. The molecule has 1 aromatic rings. The number of hydrogen-bond acceptors (Lipinski definition) is 3. The van der Waals surface area contributed by atoms with Gasteiger partial charge in [0.25, 0.3) is 0 Å². The number of rotatable bonds is 1. The molecule has 1 rings (SSSR count). The summed E-state index contributed by atoms with van der Waals surface area (Å²) in [6, 6.07) is 3.50. The molecule has 0 aliphatic carbocycles. The van der Waals surface area contributed by atoms with Gasteiger partial charge in [0.2, 0.25) is 0 Å². The second-order valence-electron chi connectivity index (χ2n) is 5.93. The Morgan fingerprint density at radius 1 is 1.00 bits per heavy atom. The van der Waals surface area contributed by atoms with E-state index in [1.165, 1.54) is 0 Å². The molecule has 0 unspecified atom stereocenters. The van der Waals surface area contributed by atoms with Crippen molar-refractivity contribution in [3.63, 3.8) is 0 Å². The fourth-order valence-electron chi connectivity index (χ4n) is 1.76. The number of nitrogens with two attached hydrogens (primary N) is 2. The monoisotopic (exact) mass is 222 g/mol. The predicted octanol–water partition coefficient (Wildman–Crippen LogP) is 2.47. The molecule has 90 valence electrons. The molecule has 0 aliphatic heterocycles. The molecule has 1 aromatic carbocycles. The Bertz CT molecular complexity index is 362. The van der Waals surface area contributed by atoms with Crippen LogP contribution < -0.4 is 11.5 Å². The summed E-state index contributed by atoms with van der Waals surface area (Å²) >= 11 is 0. The highest BCUT2D eigenvalue weighted by atomic mass is 16.3. The minimum Gasteiger partial charge on any atom is -0.508 e. The van der Waals surface area contributed by atoms with Crippen LogP contribution in [0.5, 0.6) is 5.75 Å². The molecule has 0 atom stereocenters. The highest BCUT2D eigenvalue weighted by molar-refractivity contribution is 5.58. The Hall–Kier alpha value is -1.22. The van der Waals surface area contributed by atoms with Crippen molar-refractivity contribution >= 4 is 5.69 Å². The van der Waals surface area contributed by atoms with Crippen LogP contribution in [-0.4, -0.2) is 5.11 Å². The summed E-state index contributed by atoms with van der Waals surface area (Å²) < 4.78 is 0. The van der Waals surface area contributed by atoms with Crippen LogP contribution in [0.2, 0.25) is 0 Å². The van der Waals surface area contributed by atoms with Crippen molar-refractivity contribution in [3.8, 4) is 5.75 Å². The lowest BCUT2D eigenvalue weighted by Crippen LogP contribution is -2.30. The molecule has 16 heavy (non-hydrogen) atoms. The molecular formula is C13H22N2O. The molecule has 0 saturated heterocycles. The summed E-state index contributed by atoms with van der Waals surface area (Å²) in [5, 5.41) is 9.90. The molecule has 0 bridgehead atoms. The van der Waals surface area contributed by atoms with E-state index in [1.807, 2.05) is 40.7 Å². The van der Waals surface area contributed by atoms with Crippen molar-refractivity contribution in [1.82, 2.24) is 0 Å². The van der Waals surface area contributed by atoms with Crippen LogP contribution in [-0.2, 0) is 11.0 Å². The van der Waals surface area contributed by atoms with Gasteiger partial charge in [0.15, 0.2) is 0 Å².